The molecule has 1 saturated heterocycles. The van der Waals surface area contributed by atoms with Crippen molar-refractivity contribution in [2.24, 2.45) is 0 Å². The second-order valence-corrected chi connectivity index (χ2v) is 10.9. The van der Waals surface area contributed by atoms with Crippen LogP contribution in [0.4, 0.5) is 4.79 Å². The van der Waals surface area contributed by atoms with E-state index >= 15 is 0 Å². The van der Waals surface area contributed by atoms with Gasteiger partial charge in [0.2, 0.25) is 15.9 Å². The number of nitrogens with zero attached hydrogens (tertiary/aromatic N) is 2. The van der Waals surface area contributed by atoms with Gasteiger partial charge in [-0.25, -0.2) is 17.9 Å². The van der Waals surface area contributed by atoms with Crippen molar-refractivity contribution in [3.8, 4) is 0 Å². The average Bonchev–Trinajstić information content (AvgIpc) is 2.72. The highest BCUT2D eigenvalue weighted by Gasteiger charge is 2.27. The number of ether oxygens (including phenoxy) is 1. The molecule has 1 heterocycles. The summed E-state index contributed by atoms with van der Waals surface area (Å²) in [6.07, 6.45) is 3.84. The highest BCUT2D eigenvalue weighted by atomic mass is 32.2. The summed E-state index contributed by atoms with van der Waals surface area (Å²) in [5, 5.41) is 0. The van der Waals surface area contributed by atoms with E-state index < -0.39 is 15.6 Å². The van der Waals surface area contributed by atoms with Crippen molar-refractivity contribution in [2.45, 2.75) is 63.4 Å². The van der Waals surface area contributed by atoms with Crippen molar-refractivity contribution in [3.05, 3.63) is 29.3 Å². The first kappa shape index (κ1) is 23.5. The van der Waals surface area contributed by atoms with Crippen LogP contribution in [0.1, 0.15) is 51.2 Å². The third-order valence-electron chi connectivity index (χ3n) is 5.55. The number of sulfonamides is 1. The third-order valence-corrected chi connectivity index (χ3v) is 7.00. The van der Waals surface area contributed by atoms with Gasteiger partial charge in [-0.3, -0.25) is 4.79 Å². The Kier molecular flexibility index (Phi) is 7.26. The molecule has 8 nitrogen and oxygen atoms in total. The SMILES string of the molecule is CC(C)(C)OC(=O)N1CCN(C(=O)CCNS(=O)(=O)c2ccc3c(c2)CCCC3)CC1. The number of fused-ring (bicyclic) bond motifs is 1. The molecular weight excluding hydrogens is 418 g/mol. The number of rotatable bonds is 5. The van der Waals surface area contributed by atoms with Crippen LogP contribution in [0.2, 0.25) is 0 Å². The average molecular weight is 452 g/mol. The fourth-order valence-corrected chi connectivity index (χ4v) is 4.96. The Morgan fingerprint density at radius 3 is 2.26 bits per heavy atom. The zero-order chi connectivity index (χ0) is 22.6. The monoisotopic (exact) mass is 451 g/mol. The fourth-order valence-electron chi connectivity index (χ4n) is 3.88. The summed E-state index contributed by atoms with van der Waals surface area (Å²) in [6.45, 7) is 7.13. The van der Waals surface area contributed by atoms with Crippen LogP contribution < -0.4 is 4.72 Å². The number of carbonyl (C=O) groups is 2. The van der Waals surface area contributed by atoms with E-state index in [0.717, 1.165) is 31.2 Å². The van der Waals surface area contributed by atoms with Gasteiger partial charge in [0, 0.05) is 39.1 Å². The lowest BCUT2D eigenvalue weighted by molar-refractivity contribution is -0.132. The van der Waals surface area contributed by atoms with Crippen molar-refractivity contribution in [1.29, 1.82) is 0 Å². The molecule has 172 valence electrons. The molecule has 0 aromatic heterocycles. The van der Waals surface area contributed by atoms with E-state index in [9.17, 15) is 18.0 Å². The Bertz CT molecular complexity index is 916. The Labute approximate surface area is 185 Å². The molecule has 2 aliphatic rings. The van der Waals surface area contributed by atoms with Gasteiger partial charge in [0.25, 0.3) is 0 Å². The normalized spacial score (nSPS) is 17.3. The van der Waals surface area contributed by atoms with Crippen molar-refractivity contribution >= 4 is 22.0 Å². The minimum absolute atomic E-state index is 0.0462. The summed E-state index contributed by atoms with van der Waals surface area (Å²) in [5.74, 6) is -0.128. The molecule has 1 aromatic rings. The van der Waals surface area contributed by atoms with Gasteiger partial charge >= 0.3 is 6.09 Å². The number of hydrogen-bond acceptors (Lipinski definition) is 5. The molecule has 1 aromatic carbocycles. The second-order valence-electron chi connectivity index (χ2n) is 9.13. The van der Waals surface area contributed by atoms with E-state index in [2.05, 4.69) is 4.72 Å². The highest BCUT2D eigenvalue weighted by Crippen LogP contribution is 2.24. The van der Waals surface area contributed by atoms with Crippen molar-refractivity contribution in [3.63, 3.8) is 0 Å². The summed E-state index contributed by atoms with van der Waals surface area (Å²) >= 11 is 0. The maximum Gasteiger partial charge on any atom is 0.410 e. The number of piperazine rings is 1. The minimum Gasteiger partial charge on any atom is -0.444 e. The molecule has 0 unspecified atom stereocenters. The van der Waals surface area contributed by atoms with Crippen LogP contribution in [0.15, 0.2) is 23.1 Å². The second kappa shape index (κ2) is 9.56. The van der Waals surface area contributed by atoms with Crippen LogP contribution in [0.5, 0.6) is 0 Å². The predicted molar refractivity (Wildman–Crippen MR) is 117 cm³/mol. The molecular formula is C22H33N3O5S. The first-order chi connectivity index (χ1) is 14.5. The molecule has 0 radical (unpaired) electrons. The Morgan fingerprint density at radius 2 is 1.61 bits per heavy atom. The lowest BCUT2D eigenvalue weighted by Crippen LogP contribution is -2.52. The molecule has 2 amide bonds. The zero-order valence-electron chi connectivity index (χ0n) is 18.6. The molecule has 0 saturated carbocycles. The minimum atomic E-state index is -3.65. The van der Waals surface area contributed by atoms with Crippen molar-refractivity contribution in [1.82, 2.24) is 14.5 Å². The van der Waals surface area contributed by atoms with Crippen molar-refractivity contribution in [2.75, 3.05) is 32.7 Å². The van der Waals surface area contributed by atoms with Crippen LogP contribution in [-0.4, -0.2) is 68.5 Å². The summed E-state index contributed by atoms with van der Waals surface area (Å²) in [5.41, 5.74) is 1.78. The molecule has 1 N–H and O–H groups in total. The maximum atomic E-state index is 12.6. The fraction of sp³-hybridized carbons (Fsp3) is 0.636. The Hall–Kier alpha value is -2.13. The van der Waals surface area contributed by atoms with E-state index in [0.29, 0.717) is 26.2 Å². The lowest BCUT2D eigenvalue weighted by atomic mass is 9.92. The van der Waals surface area contributed by atoms with Crippen LogP contribution >= 0.6 is 0 Å². The molecule has 1 aliphatic heterocycles. The van der Waals surface area contributed by atoms with E-state index in [4.69, 9.17) is 4.74 Å². The predicted octanol–water partition coefficient (Wildman–Crippen LogP) is 2.31. The molecule has 31 heavy (non-hydrogen) atoms. The topological polar surface area (TPSA) is 96.0 Å². The quantitative estimate of drug-likeness (QED) is 0.741. The van der Waals surface area contributed by atoms with E-state index in [1.807, 2.05) is 26.8 Å². The van der Waals surface area contributed by atoms with Crippen LogP contribution in [-0.2, 0) is 32.4 Å². The summed E-state index contributed by atoms with van der Waals surface area (Å²) in [7, 11) is -3.65. The maximum absolute atomic E-state index is 12.6. The van der Waals surface area contributed by atoms with Crippen LogP contribution in [0.3, 0.4) is 0 Å². The molecule has 0 spiro atoms. The van der Waals surface area contributed by atoms with E-state index in [1.54, 1.807) is 21.9 Å². The molecule has 0 bridgehead atoms. The van der Waals surface area contributed by atoms with Gasteiger partial charge in [0.05, 0.1) is 4.90 Å². The number of nitrogens with one attached hydrogen (secondary N) is 1. The molecule has 1 fully saturated rings. The first-order valence-electron chi connectivity index (χ1n) is 10.9. The highest BCUT2D eigenvalue weighted by molar-refractivity contribution is 7.89. The smallest absolute Gasteiger partial charge is 0.410 e. The van der Waals surface area contributed by atoms with Gasteiger partial charge in [-0.2, -0.15) is 0 Å². The first-order valence-corrected chi connectivity index (χ1v) is 12.4. The zero-order valence-corrected chi connectivity index (χ0v) is 19.5. The summed E-state index contributed by atoms with van der Waals surface area (Å²) < 4.78 is 33.1. The number of aryl methyl sites for hydroxylation is 2. The number of carbonyl (C=O) groups excluding carboxylic acids is 2. The van der Waals surface area contributed by atoms with Gasteiger partial charge < -0.3 is 14.5 Å². The Morgan fingerprint density at radius 1 is 1.00 bits per heavy atom. The standard InChI is InChI=1S/C22H33N3O5S/c1-22(2,3)30-21(27)25-14-12-24(13-15-25)20(26)10-11-23-31(28,29)19-9-8-17-6-4-5-7-18(17)16-19/h8-9,16,23H,4-7,10-15H2,1-3H3. The Balaban J connectivity index is 1.45. The number of hydrogen-bond donors (Lipinski definition) is 1. The van der Waals surface area contributed by atoms with E-state index in [1.165, 1.54) is 5.56 Å². The van der Waals surface area contributed by atoms with Crippen LogP contribution in [0.25, 0.3) is 0 Å². The van der Waals surface area contributed by atoms with Gasteiger partial charge in [-0.05, 0) is 69.7 Å². The van der Waals surface area contributed by atoms with E-state index in [-0.39, 0.29) is 29.9 Å². The third kappa shape index (κ3) is 6.43. The molecule has 0 atom stereocenters. The number of amides is 2. The van der Waals surface area contributed by atoms with Gasteiger partial charge in [-0.1, -0.05) is 6.07 Å². The lowest BCUT2D eigenvalue weighted by Gasteiger charge is -2.35. The van der Waals surface area contributed by atoms with Gasteiger partial charge in [0.1, 0.15) is 5.60 Å². The molecule has 9 heteroatoms. The van der Waals surface area contributed by atoms with Crippen molar-refractivity contribution < 1.29 is 22.7 Å². The summed E-state index contributed by atoms with van der Waals surface area (Å²) in [6, 6.07) is 5.30. The van der Waals surface area contributed by atoms with Gasteiger partial charge in [0.15, 0.2) is 0 Å². The van der Waals surface area contributed by atoms with Gasteiger partial charge in [-0.15, -0.1) is 0 Å². The molecule has 1 aliphatic carbocycles. The number of benzene rings is 1. The largest absolute Gasteiger partial charge is 0.444 e. The summed E-state index contributed by atoms with van der Waals surface area (Å²) in [4.78, 5) is 28.1. The van der Waals surface area contributed by atoms with Crippen LogP contribution in [0, 0.1) is 0 Å². The molecule has 3 rings (SSSR count).